The summed E-state index contributed by atoms with van der Waals surface area (Å²) in [6, 6.07) is 13.5. The topological polar surface area (TPSA) is 58.6 Å². The maximum Gasteiger partial charge on any atom is 0.188 e. The monoisotopic (exact) mass is 331 g/mol. The van der Waals surface area contributed by atoms with Crippen molar-refractivity contribution in [1.29, 1.82) is 0 Å². The summed E-state index contributed by atoms with van der Waals surface area (Å²) in [5.41, 5.74) is 3.22. The molecule has 4 rings (SSSR count). The lowest BCUT2D eigenvalue weighted by Crippen LogP contribution is -1.92. The quantitative estimate of drug-likeness (QED) is 0.440. The molecule has 24 heavy (non-hydrogen) atoms. The van der Waals surface area contributed by atoms with Crippen LogP contribution in [-0.4, -0.2) is 20.7 Å². The Morgan fingerprint density at radius 1 is 1.12 bits per heavy atom. The normalized spacial score (nSPS) is 11.3. The molecule has 0 aliphatic heterocycles. The summed E-state index contributed by atoms with van der Waals surface area (Å²) in [7, 11) is 0. The van der Waals surface area contributed by atoms with Gasteiger partial charge in [-0.25, -0.2) is 4.98 Å². The minimum Gasteiger partial charge on any atom is -0.360 e. The van der Waals surface area contributed by atoms with Crippen molar-refractivity contribution in [3.63, 3.8) is 0 Å². The van der Waals surface area contributed by atoms with E-state index in [-0.39, 0.29) is 5.78 Å². The zero-order valence-corrected chi connectivity index (χ0v) is 13.5. The predicted molar refractivity (Wildman–Crippen MR) is 97.0 cm³/mol. The number of hydrogen-bond donors (Lipinski definition) is 1. The molecule has 0 amide bonds. The number of allylic oxidation sites excluding steroid dienone is 1. The highest BCUT2D eigenvalue weighted by atomic mass is 32.1. The molecular formula is C19H13N3OS. The number of H-pyrrole nitrogens is 1. The summed E-state index contributed by atoms with van der Waals surface area (Å²) >= 11 is 1.51. The first kappa shape index (κ1) is 14.5. The summed E-state index contributed by atoms with van der Waals surface area (Å²) in [4.78, 5) is 24.3. The molecule has 5 heteroatoms. The van der Waals surface area contributed by atoms with Gasteiger partial charge >= 0.3 is 0 Å². The van der Waals surface area contributed by atoms with Crippen molar-refractivity contribution in [3.8, 4) is 10.7 Å². The number of ketones is 1. The molecule has 0 fully saturated rings. The van der Waals surface area contributed by atoms with Crippen LogP contribution in [-0.2, 0) is 0 Å². The second-order valence-electron chi connectivity index (χ2n) is 5.24. The van der Waals surface area contributed by atoms with Gasteiger partial charge in [0.2, 0.25) is 0 Å². The molecule has 116 valence electrons. The van der Waals surface area contributed by atoms with Crippen LogP contribution in [0.25, 0.3) is 27.7 Å². The summed E-state index contributed by atoms with van der Waals surface area (Å²) in [6.07, 6.45) is 6.80. The first-order valence-corrected chi connectivity index (χ1v) is 8.35. The van der Waals surface area contributed by atoms with Crippen LogP contribution in [0.2, 0.25) is 0 Å². The molecule has 0 bridgehead atoms. The van der Waals surface area contributed by atoms with Gasteiger partial charge in [-0.05, 0) is 30.4 Å². The Bertz CT molecular complexity index is 1030. The number of nitrogens with one attached hydrogen (secondary N) is 1. The molecule has 0 saturated carbocycles. The van der Waals surface area contributed by atoms with Crippen molar-refractivity contribution in [1.82, 2.24) is 15.0 Å². The number of para-hydroxylation sites is 1. The van der Waals surface area contributed by atoms with Gasteiger partial charge in [0, 0.05) is 34.2 Å². The van der Waals surface area contributed by atoms with Gasteiger partial charge in [0.25, 0.3) is 0 Å². The van der Waals surface area contributed by atoms with E-state index in [1.165, 1.54) is 11.3 Å². The third-order valence-electron chi connectivity index (χ3n) is 3.67. The second-order valence-corrected chi connectivity index (χ2v) is 6.10. The number of pyridine rings is 1. The maximum atomic E-state index is 12.4. The van der Waals surface area contributed by atoms with E-state index >= 15 is 0 Å². The molecule has 0 spiro atoms. The molecule has 0 unspecified atom stereocenters. The number of hydrogen-bond acceptors (Lipinski definition) is 4. The molecule has 4 nitrogen and oxygen atoms in total. The average Bonchev–Trinajstić information content (AvgIpc) is 3.27. The molecule has 3 aromatic heterocycles. The number of nitrogens with zero attached hydrogens (tertiary/aromatic N) is 2. The highest BCUT2D eigenvalue weighted by molar-refractivity contribution is 7.13. The number of aromatic nitrogens is 3. The van der Waals surface area contributed by atoms with Gasteiger partial charge in [0.05, 0.1) is 11.4 Å². The van der Waals surface area contributed by atoms with Crippen LogP contribution in [0.1, 0.15) is 16.1 Å². The van der Waals surface area contributed by atoms with Crippen LogP contribution >= 0.6 is 11.3 Å². The number of aromatic amines is 1. The fourth-order valence-corrected chi connectivity index (χ4v) is 3.26. The van der Waals surface area contributed by atoms with Gasteiger partial charge in [-0.2, -0.15) is 0 Å². The largest absolute Gasteiger partial charge is 0.360 e. The van der Waals surface area contributed by atoms with Crippen LogP contribution < -0.4 is 0 Å². The summed E-state index contributed by atoms with van der Waals surface area (Å²) in [5.74, 6) is -0.0418. The summed E-state index contributed by atoms with van der Waals surface area (Å²) in [6.45, 7) is 0. The first-order valence-electron chi connectivity index (χ1n) is 7.47. The van der Waals surface area contributed by atoms with Crippen LogP contribution in [0.15, 0.2) is 66.3 Å². The Morgan fingerprint density at radius 2 is 2.00 bits per heavy atom. The lowest BCUT2D eigenvalue weighted by molar-refractivity contribution is 0.104. The molecule has 0 saturated heterocycles. The smallest absolute Gasteiger partial charge is 0.188 e. The Labute approximate surface area is 142 Å². The van der Waals surface area contributed by atoms with Crippen LogP contribution in [0.3, 0.4) is 0 Å². The van der Waals surface area contributed by atoms with Crippen LogP contribution in [0.5, 0.6) is 0 Å². The Balaban J connectivity index is 1.57. The lowest BCUT2D eigenvalue weighted by Gasteiger charge is -1.93. The number of fused-ring (bicyclic) bond motifs is 1. The van der Waals surface area contributed by atoms with Crippen molar-refractivity contribution < 1.29 is 4.79 Å². The number of rotatable bonds is 4. The number of carbonyl (C=O) groups excluding carboxylic acids is 1. The number of thiazole rings is 1. The Hall–Kier alpha value is -3.05. The van der Waals surface area contributed by atoms with Crippen LogP contribution in [0.4, 0.5) is 0 Å². The van der Waals surface area contributed by atoms with E-state index in [0.717, 1.165) is 27.3 Å². The summed E-state index contributed by atoms with van der Waals surface area (Å²) < 4.78 is 0. The molecule has 3 heterocycles. The van der Waals surface area contributed by atoms with E-state index in [2.05, 4.69) is 15.0 Å². The minimum absolute atomic E-state index is 0.0418. The summed E-state index contributed by atoms with van der Waals surface area (Å²) in [5, 5.41) is 3.69. The van der Waals surface area contributed by atoms with Crippen molar-refractivity contribution >= 4 is 34.1 Å². The first-order chi connectivity index (χ1) is 11.8. The Kier molecular flexibility index (Phi) is 3.76. The van der Waals surface area contributed by atoms with Crippen molar-refractivity contribution in [3.05, 3.63) is 77.6 Å². The fraction of sp³-hybridized carbons (Fsp3) is 0. The van der Waals surface area contributed by atoms with Crippen molar-refractivity contribution in [2.45, 2.75) is 0 Å². The Morgan fingerprint density at radius 3 is 2.88 bits per heavy atom. The highest BCUT2D eigenvalue weighted by Gasteiger charge is 2.09. The SMILES string of the molecule is O=C(/C=C/c1csc(-c2ccccn2)n1)c1c[nH]c2ccccc12. The van der Waals surface area contributed by atoms with Gasteiger partial charge in [-0.15, -0.1) is 11.3 Å². The lowest BCUT2D eigenvalue weighted by atomic mass is 10.1. The van der Waals surface area contributed by atoms with E-state index in [0.29, 0.717) is 5.56 Å². The second kappa shape index (κ2) is 6.22. The molecule has 0 aliphatic carbocycles. The predicted octanol–water partition coefficient (Wildman–Crippen LogP) is 4.58. The van der Waals surface area contributed by atoms with Crippen molar-refractivity contribution in [2.75, 3.05) is 0 Å². The number of benzene rings is 1. The molecular weight excluding hydrogens is 318 g/mol. The number of carbonyl (C=O) groups is 1. The van der Waals surface area contributed by atoms with Crippen LogP contribution in [0, 0.1) is 0 Å². The van der Waals surface area contributed by atoms with Gasteiger partial charge in [0.15, 0.2) is 5.78 Å². The minimum atomic E-state index is -0.0418. The van der Waals surface area contributed by atoms with Gasteiger partial charge in [0.1, 0.15) is 5.01 Å². The molecule has 0 radical (unpaired) electrons. The zero-order valence-electron chi connectivity index (χ0n) is 12.6. The van der Waals surface area contributed by atoms with Gasteiger partial charge in [-0.3, -0.25) is 9.78 Å². The maximum absolute atomic E-state index is 12.4. The molecule has 1 N–H and O–H groups in total. The molecule has 0 atom stereocenters. The highest BCUT2D eigenvalue weighted by Crippen LogP contribution is 2.22. The van der Waals surface area contributed by atoms with E-state index in [9.17, 15) is 4.79 Å². The zero-order chi connectivity index (χ0) is 16.4. The molecule has 0 aliphatic rings. The van der Waals surface area contributed by atoms with E-state index in [1.807, 2.05) is 47.8 Å². The van der Waals surface area contributed by atoms with Gasteiger partial charge < -0.3 is 4.98 Å². The fourth-order valence-electron chi connectivity index (χ4n) is 2.50. The average molecular weight is 331 g/mol. The standard InChI is InChI=1S/C19H13N3OS/c23-18(15-11-21-16-6-2-1-5-14(15)16)9-8-13-12-24-19(22-13)17-7-3-4-10-20-17/h1-12,21H/b9-8+. The van der Waals surface area contributed by atoms with E-state index < -0.39 is 0 Å². The van der Waals surface area contributed by atoms with E-state index in [4.69, 9.17) is 0 Å². The molecule has 1 aromatic carbocycles. The van der Waals surface area contributed by atoms with E-state index in [1.54, 1.807) is 24.5 Å². The molecule has 4 aromatic rings. The van der Waals surface area contributed by atoms with Gasteiger partial charge in [-0.1, -0.05) is 24.3 Å². The third kappa shape index (κ3) is 2.77. The van der Waals surface area contributed by atoms with Crippen molar-refractivity contribution in [2.24, 2.45) is 0 Å². The third-order valence-corrected chi connectivity index (χ3v) is 4.55.